The molecule has 0 saturated carbocycles. The average molecular weight is 294 g/mol. The second-order valence-electron chi connectivity index (χ2n) is 3.51. The molecule has 0 fully saturated rings. The van der Waals surface area contributed by atoms with Crippen molar-refractivity contribution in [3.05, 3.63) is 23.8 Å². The Bertz CT molecular complexity index is 459. The molecular formula is C12H13F3O5. The summed E-state index contributed by atoms with van der Waals surface area (Å²) in [5, 5.41) is 9.00. The van der Waals surface area contributed by atoms with Crippen molar-refractivity contribution in [1.29, 1.82) is 0 Å². The number of rotatable bonds is 7. The summed E-state index contributed by atoms with van der Waals surface area (Å²) in [5.74, 6) is -1.23. The number of carbonyl (C=O) groups is 1. The van der Waals surface area contributed by atoms with E-state index in [4.69, 9.17) is 14.6 Å². The van der Waals surface area contributed by atoms with E-state index >= 15 is 0 Å². The first-order valence-corrected chi connectivity index (χ1v) is 5.67. The molecule has 0 radical (unpaired) electrons. The maximum Gasteiger partial charge on any atom is 0.522 e. The van der Waals surface area contributed by atoms with Gasteiger partial charge >= 0.3 is 12.3 Å². The van der Waals surface area contributed by atoms with Crippen molar-refractivity contribution in [1.82, 2.24) is 0 Å². The van der Waals surface area contributed by atoms with Crippen LogP contribution in [0.5, 0.6) is 11.5 Å². The van der Waals surface area contributed by atoms with Gasteiger partial charge in [-0.15, -0.1) is 13.2 Å². The van der Waals surface area contributed by atoms with E-state index in [9.17, 15) is 18.0 Å². The lowest BCUT2D eigenvalue weighted by Gasteiger charge is -2.14. The first-order valence-electron chi connectivity index (χ1n) is 5.67. The van der Waals surface area contributed by atoms with Gasteiger partial charge in [-0.25, -0.2) is 4.79 Å². The molecule has 8 heteroatoms. The van der Waals surface area contributed by atoms with Crippen LogP contribution in [0.2, 0.25) is 0 Å². The van der Waals surface area contributed by atoms with E-state index in [-0.39, 0.29) is 23.7 Å². The highest BCUT2D eigenvalue weighted by molar-refractivity contribution is 5.92. The summed E-state index contributed by atoms with van der Waals surface area (Å²) >= 11 is 0. The fourth-order valence-corrected chi connectivity index (χ4v) is 1.40. The maximum atomic E-state index is 11.8. The average Bonchev–Trinajstić information content (AvgIpc) is 2.34. The molecule has 0 heterocycles. The lowest BCUT2D eigenvalue weighted by atomic mass is 10.2. The van der Waals surface area contributed by atoms with Crippen LogP contribution in [-0.2, 0) is 4.74 Å². The summed E-state index contributed by atoms with van der Waals surface area (Å²) in [6.07, 6.45) is -4.75. The van der Waals surface area contributed by atoms with Gasteiger partial charge < -0.3 is 14.6 Å². The Morgan fingerprint density at radius 1 is 1.25 bits per heavy atom. The Morgan fingerprint density at radius 3 is 2.50 bits per heavy atom. The highest BCUT2D eigenvalue weighted by Gasteiger charge is 2.28. The zero-order valence-electron chi connectivity index (χ0n) is 10.6. The van der Waals surface area contributed by atoms with Gasteiger partial charge in [0.05, 0.1) is 13.2 Å². The number of carboxylic acids is 1. The van der Waals surface area contributed by atoms with Gasteiger partial charge in [0.1, 0.15) is 12.2 Å². The number of carboxylic acid groups (broad SMARTS) is 1. The Kier molecular flexibility index (Phi) is 5.63. The molecule has 5 nitrogen and oxygen atoms in total. The molecule has 1 rings (SSSR count). The number of benzene rings is 1. The van der Waals surface area contributed by atoms with Gasteiger partial charge in [0, 0.05) is 0 Å². The number of hydrogen-bond acceptors (Lipinski definition) is 4. The molecule has 0 aromatic heterocycles. The molecule has 0 bridgehead atoms. The zero-order chi connectivity index (χ0) is 15.2. The lowest BCUT2D eigenvalue weighted by Crippen LogP contribution is -2.19. The molecule has 1 N–H and O–H groups in total. The summed E-state index contributed by atoms with van der Waals surface area (Å²) in [4.78, 5) is 11.0. The smallest absolute Gasteiger partial charge is 0.490 e. The second kappa shape index (κ2) is 6.99. The Labute approximate surface area is 112 Å². The van der Waals surface area contributed by atoms with E-state index in [1.165, 1.54) is 18.2 Å². The van der Waals surface area contributed by atoms with Crippen molar-refractivity contribution >= 4 is 5.97 Å². The van der Waals surface area contributed by atoms with E-state index in [0.29, 0.717) is 0 Å². The molecule has 1 aromatic carbocycles. The third-order valence-corrected chi connectivity index (χ3v) is 2.10. The molecule has 0 saturated heterocycles. The Hall–Kier alpha value is -1.96. The van der Waals surface area contributed by atoms with Crippen LogP contribution in [0, 0.1) is 0 Å². The van der Waals surface area contributed by atoms with Crippen LogP contribution in [0.15, 0.2) is 18.2 Å². The minimum absolute atomic E-state index is 0.118. The molecule has 112 valence electrons. The number of hydrogen-bond donors (Lipinski definition) is 1. The third-order valence-electron chi connectivity index (χ3n) is 2.10. The quantitative estimate of drug-likeness (QED) is 0.783. The molecular weight excluding hydrogens is 281 g/mol. The standard InChI is InChI=1S/C12H13F3O5/c1-2-18-9-5-3-4-8(11(16)17)10(9)19-6-7-20-12(13,14)15/h3-5H,2,6-7H2,1H3,(H,16,17). The van der Waals surface area contributed by atoms with Crippen molar-refractivity contribution in [3.63, 3.8) is 0 Å². The lowest BCUT2D eigenvalue weighted by molar-refractivity contribution is -0.325. The van der Waals surface area contributed by atoms with Gasteiger partial charge in [-0.1, -0.05) is 6.07 Å². The first-order chi connectivity index (χ1) is 9.35. The van der Waals surface area contributed by atoms with Crippen LogP contribution in [-0.4, -0.2) is 37.3 Å². The van der Waals surface area contributed by atoms with Crippen molar-refractivity contribution in [2.45, 2.75) is 13.3 Å². The molecule has 0 aliphatic heterocycles. The summed E-state index contributed by atoms with van der Waals surface area (Å²) in [6.45, 7) is 0.745. The van der Waals surface area contributed by atoms with Crippen molar-refractivity contribution < 1.29 is 37.3 Å². The monoisotopic (exact) mass is 294 g/mol. The highest BCUT2D eigenvalue weighted by Crippen LogP contribution is 2.31. The largest absolute Gasteiger partial charge is 0.522 e. The normalized spacial score (nSPS) is 11.2. The number of ether oxygens (including phenoxy) is 3. The van der Waals surface area contributed by atoms with Crippen LogP contribution in [0.1, 0.15) is 17.3 Å². The predicted octanol–water partition coefficient (Wildman–Crippen LogP) is 2.70. The predicted molar refractivity (Wildman–Crippen MR) is 62.1 cm³/mol. The van der Waals surface area contributed by atoms with Gasteiger partial charge in [-0.2, -0.15) is 0 Å². The maximum absolute atomic E-state index is 11.8. The summed E-state index contributed by atoms with van der Waals surface area (Å²) in [6, 6.07) is 4.19. The topological polar surface area (TPSA) is 65.0 Å². The Morgan fingerprint density at radius 2 is 1.95 bits per heavy atom. The number of aromatic carboxylic acids is 1. The van der Waals surface area contributed by atoms with Crippen LogP contribution < -0.4 is 9.47 Å². The minimum atomic E-state index is -4.75. The van der Waals surface area contributed by atoms with Crippen LogP contribution in [0.25, 0.3) is 0 Å². The molecule has 0 unspecified atom stereocenters. The van der Waals surface area contributed by atoms with E-state index in [1.807, 2.05) is 0 Å². The van der Waals surface area contributed by atoms with E-state index < -0.39 is 25.5 Å². The van der Waals surface area contributed by atoms with Crippen molar-refractivity contribution in [3.8, 4) is 11.5 Å². The first kappa shape index (κ1) is 16.1. The molecule has 0 aliphatic carbocycles. The highest BCUT2D eigenvalue weighted by atomic mass is 19.4. The number of halogens is 3. The summed E-state index contributed by atoms with van der Waals surface area (Å²) < 4.78 is 49.1. The second-order valence-corrected chi connectivity index (χ2v) is 3.51. The molecule has 0 atom stereocenters. The van der Waals surface area contributed by atoms with Gasteiger partial charge in [0.25, 0.3) is 0 Å². The molecule has 1 aromatic rings. The van der Waals surface area contributed by atoms with E-state index in [2.05, 4.69) is 4.74 Å². The number of para-hydroxylation sites is 1. The zero-order valence-corrected chi connectivity index (χ0v) is 10.6. The van der Waals surface area contributed by atoms with E-state index in [1.54, 1.807) is 6.92 Å². The van der Waals surface area contributed by atoms with Crippen LogP contribution in [0.3, 0.4) is 0 Å². The summed E-state index contributed by atoms with van der Waals surface area (Å²) in [5.41, 5.74) is -0.192. The molecule has 0 aliphatic rings. The summed E-state index contributed by atoms with van der Waals surface area (Å²) in [7, 11) is 0. The van der Waals surface area contributed by atoms with Gasteiger partial charge in [-0.3, -0.25) is 4.74 Å². The van der Waals surface area contributed by atoms with Crippen LogP contribution >= 0.6 is 0 Å². The van der Waals surface area contributed by atoms with Crippen LogP contribution in [0.4, 0.5) is 13.2 Å². The fraction of sp³-hybridized carbons (Fsp3) is 0.417. The minimum Gasteiger partial charge on any atom is -0.490 e. The van der Waals surface area contributed by atoms with Gasteiger partial charge in [0.2, 0.25) is 0 Å². The van der Waals surface area contributed by atoms with Gasteiger partial charge in [-0.05, 0) is 19.1 Å². The van der Waals surface area contributed by atoms with Crippen molar-refractivity contribution in [2.75, 3.05) is 19.8 Å². The Balaban J connectivity index is 2.77. The van der Waals surface area contributed by atoms with Gasteiger partial charge in [0.15, 0.2) is 11.5 Å². The third kappa shape index (κ3) is 4.96. The molecule has 20 heavy (non-hydrogen) atoms. The molecule has 0 spiro atoms. The number of alkyl halides is 3. The fourth-order valence-electron chi connectivity index (χ4n) is 1.40. The van der Waals surface area contributed by atoms with Crippen molar-refractivity contribution in [2.24, 2.45) is 0 Å². The van der Waals surface area contributed by atoms with E-state index in [0.717, 1.165) is 0 Å². The molecule has 0 amide bonds. The SMILES string of the molecule is CCOc1cccc(C(=O)O)c1OCCOC(F)(F)F.